The molecule has 4 nitrogen and oxygen atoms in total. The fraction of sp³-hybridized carbons (Fsp3) is 0.808. The number of fused-ring (bicyclic) bond motifs is 2. The van der Waals surface area contributed by atoms with E-state index in [1.54, 1.807) is 11.1 Å². The number of carbonyl (C=O) groups is 1. The molecule has 0 aliphatic carbocycles. The Morgan fingerprint density at radius 1 is 1.16 bits per heavy atom. The monoisotopic (exact) mass is 451 g/mol. The maximum atomic E-state index is 11.7. The molecule has 2 heterocycles. The van der Waals surface area contributed by atoms with Crippen molar-refractivity contribution in [3.05, 3.63) is 23.8 Å². The Hall–Kier alpha value is -0.780. The Labute approximate surface area is 194 Å². The van der Waals surface area contributed by atoms with Gasteiger partial charge in [0.2, 0.25) is 5.91 Å². The molecule has 0 unspecified atom stereocenters. The van der Waals surface area contributed by atoms with E-state index in [1.165, 1.54) is 56.5 Å². The van der Waals surface area contributed by atoms with E-state index >= 15 is 0 Å². The molecule has 2 N–H and O–H groups in total. The summed E-state index contributed by atoms with van der Waals surface area (Å²) in [6.45, 7) is 8.28. The van der Waals surface area contributed by atoms with Gasteiger partial charge in [-0.05, 0) is 74.7 Å². The van der Waals surface area contributed by atoms with Gasteiger partial charge in [-0.1, -0.05) is 64.3 Å². The van der Waals surface area contributed by atoms with Gasteiger partial charge in [0.05, 0.1) is 12.2 Å². The van der Waals surface area contributed by atoms with Gasteiger partial charge in [0.25, 0.3) is 0 Å². The molecular weight excluding hydrogens is 406 g/mol. The van der Waals surface area contributed by atoms with Gasteiger partial charge in [-0.25, -0.2) is 5.48 Å². The number of carbonyl (C=O) groups excluding carboxylic acids is 1. The summed E-state index contributed by atoms with van der Waals surface area (Å²) in [7, 11) is 0. The lowest BCUT2D eigenvalue weighted by molar-refractivity contribution is -0.138. The molecule has 178 valence electrons. The summed E-state index contributed by atoms with van der Waals surface area (Å²) in [4.78, 5) is 11.7. The van der Waals surface area contributed by atoms with E-state index in [0.29, 0.717) is 24.0 Å². The maximum Gasteiger partial charge on any atom is 0.248 e. The first-order valence-corrected chi connectivity index (χ1v) is 13.6. The van der Waals surface area contributed by atoms with Crippen molar-refractivity contribution in [1.82, 2.24) is 5.48 Å². The second-order valence-electron chi connectivity index (χ2n) is 9.87. The number of thioether (sulfide) groups is 1. The van der Waals surface area contributed by atoms with Crippen LogP contribution >= 0.6 is 11.8 Å². The summed E-state index contributed by atoms with van der Waals surface area (Å²) in [5.74, 6) is 3.45. The van der Waals surface area contributed by atoms with E-state index in [4.69, 9.17) is 9.94 Å². The first-order valence-electron chi connectivity index (χ1n) is 12.4. The molecule has 2 aliphatic rings. The summed E-state index contributed by atoms with van der Waals surface area (Å²) >= 11 is 2.12. The Morgan fingerprint density at radius 3 is 2.58 bits per heavy atom. The highest BCUT2D eigenvalue weighted by Gasteiger charge is 2.47. The predicted molar refractivity (Wildman–Crippen MR) is 131 cm³/mol. The first-order chi connectivity index (χ1) is 14.9. The summed E-state index contributed by atoms with van der Waals surface area (Å²) in [5, 5.41) is 8.85. The molecular formula is C26H45NO3S. The van der Waals surface area contributed by atoms with Crippen molar-refractivity contribution < 1.29 is 14.7 Å². The average molecular weight is 452 g/mol. The molecule has 0 radical (unpaired) electrons. The van der Waals surface area contributed by atoms with Gasteiger partial charge in [0.15, 0.2) is 0 Å². The number of nitrogens with one attached hydrogen (secondary N) is 1. The van der Waals surface area contributed by atoms with Crippen LogP contribution in [-0.2, 0) is 9.53 Å². The number of amides is 1. The lowest BCUT2D eigenvalue weighted by Crippen LogP contribution is -2.34. The van der Waals surface area contributed by atoms with Crippen LogP contribution in [0.2, 0.25) is 0 Å². The third kappa shape index (κ3) is 8.25. The minimum absolute atomic E-state index is 0.314. The van der Waals surface area contributed by atoms with Gasteiger partial charge in [0, 0.05) is 5.41 Å². The Bertz CT molecular complexity index is 601. The fourth-order valence-corrected chi connectivity index (χ4v) is 6.17. The van der Waals surface area contributed by atoms with Crippen LogP contribution in [-0.4, -0.2) is 34.8 Å². The molecule has 2 rings (SSSR count). The number of rotatable bonds is 15. The summed E-state index contributed by atoms with van der Waals surface area (Å²) in [6.07, 6.45) is 19.2. The van der Waals surface area contributed by atoms with Gasteiger partial charge in [-0.15, -0.1) is 0 Å². The third-order valence-corrected chi connectivity index (χ3v) is 8.25. The molecule has 0 saturated carbocycles. The van der Waals surface area contributed by atoms with Crippen LogP contribution in [0, 0.1) is 17.3 Å². The minimum atomic E-state index is -0.546. The maximum absolute atomic E-state index is 11.7. The number of hydrogen-bond donors (Lipinski definition) is 2. The Kier molecular flexibility index (Phi) is 11.7. The molecule has 2 fully saturated rings. The number of ether oxygens (including phenoxy) is 1. The zero-order valence-corrected chi connectivity index (χ0v) is 21.0. The molecule has 2 saturated heterocycles. The molecule has 4 atom stereocenters. The van der Waals surface area contributed by atoms with Gasteiger partial charge in [-0.2, -0.15) is 11.8 Å². The molecule has 5 heteroatoms. The zero-order valence-electron chi connectivity index (χ0n) is 20.2. The number of hydroxylamine groups is 1. The van der Waals surface area contributed by atoms with Gasteiger partial charge in [-0.3, -0.25) is 10.0 Å². The smallest absolute Gasteiger partial charge is 0.248 e. The summed E-state index contributed by atoms with van der Waals surface area (Å²) in [6, 6.07) is 0. The Balaban J connectivity index is 1.74. The van der Waals surface area contributed by atoms with Crippen LogP contribution in [0.25, 0.3) is 0 Å². The molecule has 31 heavy (non-hydrogen) atoms. The molecule has 0 spiro atoms. The average Bonchev–Trinajstić information content (AvgIpc) is 3.36. The molecule has 0 aromatic heterocycles. The van der Waals surface area contributed by atoms with Crippen LogP contribution < -0.4 is 5.48 Å². The van der Waals surface area contributed by atoms with E-state index in [1.807, 2.05) is 13.8 Å². The third-order valence-electron chi connectivity index (χ3n) is 7.14. The second-order valence-corrected chi connectivity index (χ2v) is 11.0. The van der Waals surface area contributed by atoms with Gasteiger partial charge >= 0.3 is 0 Å². The van der Waals surface area contributed by atoms with Crippen molar-refractivity contribution in [3.8, 4) is 0 Å². The van der Waals surface area contributed by atoms with Gasteiger partial charge in [0.1, 0.15) is 0 Å². The zero-order chi connectivity index (χ0) is 22.7. The van der Waals surface area contributed by atoms with E-state index < -0.39 is 5.41 Å². The minimum Gasteiger partial charge on any atom is -0.374 e. The SMILES string of the molecule is CCCCC=C(CC)CCSC[C@@H]1[C@H](CC=CCCC(C)(C)C(=O)NO)[C@@H]2CC[C@H]1O2. The Morgan fingerprint density at radius 2 is 1.90 bits per heavy atom. The standard InChI is InChI=1S/C26H45NO3S/c1-5-7-9-12-20(6-2)16-18-31-19-22-21(23-14-15-24(22)30-23)13-10-8-11-17-26(3,4)25(28)27-29/h8,10,12,21-24,29H,5-7,9,11,13-19H2,1-4H3,(H,27,28)/t21-,22+,23-,24+/m0/s1. The van der Waals surface area contributed by atoms with Crippen LogP contribution in [0.3, 0.4) is 0 Å². The number of hydrogen-bond acceptors (Lipinski definition) is 4. The highest BCUT2D eigenvalue weighted by Crippen LogP contribution is 2.46. The van der Waals surface area contributed by atoms with Crippen molar-refractivity contribution in [2.24, 2.45) is 17.3 Å². The quantitative estimate of drug-likeness (QED) is 0.126. The van der Waals surface area contributed by atoms with Crippen molar-refractivity contribution in [2.45, 2.75) is 104 Å². The van der Waals surface area contributed by atoms with Gasteiger partial charge < -0.3 is 4.74 Å². The van der Waals surface area contributed by atoms with E-state index in [0.717, 1.165) is 19.3 Å². The van der Waals surface area contributed by atoms with E-state index in [-0.39, 0.29) is 5.91 Å². The van der Waals surface area contributed by atoms with Crippen LogP contribution in [0.1, 0.15) is 91.9 Å². The van der Waals surface area contributed by atoms with Crippen molar-refractivity contribution in [2.75, 3.05) is 11.5 Å². The van der Waals surface area contributed by atoms with Crippen LogP contribution in [0.4, 0.5) is 0 Å². The molecule has 1 amide bonds. The van der Waals surface area contributed by atoms with Crippen molar-refractivity contribution in [1.29, 1.82) is 0 Å². The highest BCUT2D eigenvalue weighted by molar-refractivity contribution is 7.99. The number of unbranched alkanes of at least 4 members (excludes halogenated alkanes) is 2. The van der Waals surface area contributed by atoms with E-state index in [9.17, 15) is 4.79 Å². The molecule has 2 bridgehead atoms. The molecule has 0 aromatic rings. The fourth-order valence-electron chi connectivity index (χ4n) is 4.86. The summed E-state index contributed by atoms with van der Waals surface area (Å²) < 4.78 is 6.28. The first kappa shape index (κ1) is 26.5. The van der Waals surface area contributed by atoms with Crippen LogP contribution in [0.5, 0.6) is 0 Å². The normalized spacial score (nSPS) is 26.2. The summed E-state index contributed by atoms with van der Waals surface area (Å²) in [5.41, 5.74) is 2.86. The highest BCUT2D eigenvalue weighted by atomic mass is 32.2. The lowest BCUT2D eigenvalue weighted by atomic mass is 9.78. The second kappa shape index (κ2) is 13.7. The van der Waals surface area contributed by atoms with Crippen molar-refractivity contribution >= 4 is 17.7 Å². The van der Waals surface area contributed by atoms with E-state index in [2.05, 4.69) is 43.8 Å². The topological polar surface area (TPSA) is 58.6 Å². The lowest BCUT2D eigenvalue weighted by Gasteiger charge is -2.27. The van der Waals surface area contributed by atoms with Crippen LogP contribution in [0.15, 0.2) is 23.8 Å². The molecule has 2 aliphatic heterocycles. The van der Waals surface area contributed by atoms with Crippen molar-refractivity contribution in [3.63, 3.8) is 0 Å². The predicted octanol–water partition coefficient (Wildman–Crippen LogP) is 6.69. The number of allylic oxidation sites excluding steroid dienone is 4. The molecule has 0 aromatic carbocycles. The largest absolute Gasteiger partial charge is 0.374 e.